The zero-order valence-corrected chi connectivity index (χ0v) is 20.9. The van der Waals surface area contributed by atoms with Gasteiger partial charge in [-0.3, -0.25) is 4.79 Å². The monoisotopic (exact) mass is 533 g/mol. The van der Waals surface area contributed by atoms with Gasteiger partial charge in [-0.15, -0.1) is 0 Å². The van der Waals surface area contributed by atoms with Crippen LogP contribution in [0.2, 0.25) is 5.02 Å². The van der Waals surface area contributed by atoms with Crippen LogP contribution in [0.5, 0.6) is 0 Å². The lowest BCUT2D eigenvalue weighted by molar-refractivity contribution is -0.114. The quantitative estimate of drug-likeness (QED) is 0.305. The van der Waals surface area contributed by atoms with Crippen molar-refractivity contribution in [3.05, 3.63) is 77.3 Å². The van der Waals surface area contributed by atoms with E-state index in [2.05, 4.69) is 16.0 Å². The summed E-state index contributed by atoms with van der Waals surface area (Å²) in [7, 11) is -3.65. The molecule has 2 aliphatic rings. The van der Waals surface area contributed by atoms with Crippen LogP contribution >= 0.6 is 11.6 Å². The van der Waals surface area contributed by atoms with Crippen molar-refractivity contribution in [3.8, 4) is 0 Å². The number of aliphatic hydroxyl groups excluding tert-OH is 1. The standard InChI is InChI=1S/C25H25ClFN3O5S/c1-36(34,35)21-5-3-2-4-20(21)17-10-11-25(28-16-32,24(27,14-17)23(15-31)12-13-23)30-22(33)29-19-8-6-18(26)7-9-19/h2-11,14,16,31H,12-13,15H2,1H3,(H,28,32)(H2,29,30,33)/t24-,25+/m0/s1. The predicted octanol–water partition coefficient (Wildman–Crippen LogP) is 3.44. The average Bonchev–Trinajstić information content (AvgIpc) is 3.64. The molecule has 4 N–H and O–H groups in total. The minimum Gasteiger partial charge on any atom is -0.396 e. The third-order valence-electron chi connectivity index (χ3n) is 6.67. The van der Waals surface area contributed by atoms with Gasteiger partial charge in [-0.25, -0.2) is 17.6 Å². The molecule has 190 valence electrons. The van der Waals surface area contributed by atoms with Crippen LogP contribution in [0.4, 0.5) is 14.9 Å². The van der Waals surface area contributed by atoms with Gasteiger partial charge in [-0.2, -0.15) is 0 Å². The molecule has 36 heavy (non-hydrogen) atoms. The summed E-state index contributed by atoms with van der Waals surface area (Å²) in [5.74, 6) is 0. The van der Waals surface area contributed by atoms with Crippen LogP contribution in [0.15, 0.2) is 71.7 Å². The summed E-state index contributed by atoms with van der Waals surface area (Å²) < 4.78 is 42.1. The lowest BCUT2D eigenvalue weighted by atomic mass is 9.71. The smallest absolute Gasteiger partial charge is 0.321 e. The largest absolute Gasteiger partial charge is 0.396 e. The number of hydrogen-bond donors (Lipinski definition) is 4. The Hall–Kier alpha value is -3.21. The molecule has 4 rings (SSSR count). The Labute approximate surface area is 213 Å². The fourth-order valence-corrected chi connectivity index (χ4v) is 5.59. The summed E-state index contributed by atoms with van der Waals surface area (Å²) in [6, 6.07) is 11.6. The lowest BCUT2D eigenvalue weighted by Gasteiger charge is -2.48. The number of urea groups is 1. The van der Waals surface area contributed by atoms with Crippen LogP contribution in [0.25, 0.3) is 5.57 Å². The Morgan fingerprint density at radius 1 is 1.17 bits per heavy atom. The van der Waals surface area contributed by atoms with Gasteiger partial charge < -0.3 is 21.1 Å². The van der Waals surface area contributed by atoms with Crippen LogP contribution in [0, 0.1) is 5.41 Å². The zero-order valence-electron chi connectivity index (χ0n) is 19.3. The second-order valence-corrected chi connectivity index (χ2v) is 11.4. The number of sulfone groups is 1. The van der Waals surface area contributed by atoms with Crippen molar-refractivity contribution in [1.82, 2.24) is 10.6 Å². The van der Waals surface area contributed by atoms with Crippen LogP contribution in [-0.4, -0.2) is 50.2 Å². The number of halogens is 2. The van der Waals surface area contributed by atoms with Crippen LogP contribution in [0.1, 0.15) is 18.4 Å². The molecular weight excluding hydrogens is 509 g/mol. The first-order valence-electron chi connectivity index (χ1n) is 11.1. The molecular formula is C25H25ClFN3O5S. The Bertz CT molecular complexity index is 1360. The SMILES string of the molecule is CS(=O)(=O)c1ccccc1C1=C[C@](F)(C2(CO)CC2)[C@](NC=O)(NC(=O)Nc2ccc(Cl)cc2)C=C1. The van der Waals surface area contributed by atoms with Gasteiger partial charge in [0.05, 0.1) is 11.5 Å². The van der Waals surface area contributed by atoms with E-state index >= 15 is 4.39 Å². The molecule has 8 nitrogen and oxygen atoms in total. The number of anilines is 1. The van der Waals surface area contributed by atoms with Crippen molar-refractivity contribution in [2.45, 2.75) is 29.1 Å². The summed E-state index contributed by atoms with van der Waals surface area (Å²) >= 11 is 5.88. The van der Waals surface area contributed by atoms with Gasteiger partial charge in [-0.05, 0) is 60.9 Å². The molecule has 1 saturated carbocycles. The molecule has 2 aliphatic carbocycles. The van der Waals surface area contributed by atoms with Crippen molar-refractivity contribution < 1.29 is 27.5 Å². The second kappa shape index (κ2) is 9.34. The molecule has 1 fully saturated rings. The number of carbonyl (C=O) groups is 2. The van der Waals surface area contributed by atoms with Crippen molar-refractivity contribution >= 4 is 45.1 Å². The number of rotatable bonds is 8. The van der Waals surface area contributed by atoms with Gasteiger partial charge in [0.25, 0.3) is 0 Å². The van der Waals surface area contributed by atoms with E-state index in [1.54, 1.807) is 42.5 Å². The molecule has 2 aromatic rings. The third-order valence-corrected chi connectivity index (χ3v) is 8.07. The fraction of sp³-hybridized carbons (Fsp3) is 0.280. The molecule has 0 aromatic heterocycles. The van der Waals surface area contributed by atoms with E-state index in [0.29, 0.717) is 10.7 Å². The number of amides is 3. The molecule has 0 unspecified atom stereocenters. The van der Waals surface area contributed by atoms with Crippen molar-refractivity contribution in [3.63, 3.8) is 0 Å². The molecule has 0 spiro atoms. The van der Waals surface area contributed by atoms with Gasteiger partial charge in [-0.1, -0.05) is 35.9 Å². The van der Waals surface area contributed by atoms with Crippen LogP contribution in [-0.2, 0) is 14.6 Å². The minimum atomic E-state index is -3.65. The molecule has 0 aliphatic heterocycles. The van der Waals surface area contributed by atoms with E-state index in [1.165, 1.54) is 24.3 Å². The third kappa shape index (κ3) is 4.52. The summed E-state index contributed by atoms with van der Waals surface area (Å²) in [5.41, 5.74) is -5.02. The second-order valence-electron chi connectivity index (χ2n) is 9.01. The van der Waals surface area contributed by atoms with Crippen molar-refractivity contribution in [1.29, 1.82) is 0 Å². The molecule has 0 saturated heterocycles. The number of hydrogen-bond acceptors (Lipinski definition) is 5. The van der Waals surface area contributed by atoms with Gasteiger partial charge in [0, 0.05) is 27.9 Å². The first-order valence-corrected chi connectivity index (χ1v) is 13.3. The van der Waals surface area contributed by atoms with Crippen LogP contribution in [0.3, 0.4) is 0 Å². The maximum atomic E-state index is 17.3. The number of benzene rings is 2. The average molecular weight is 534 g/mol. The normalized spacial score (nSPS) is 24.4. The first-order chi connectivity index (χ1) is 17.0. The summed E-state index contributed by atoms with van der Waals surface area (Å²) in [6.07, 6.45) is 5.78. The van der Waals surface area contributed by atoms with E-state index in [1.807, 2.05) is 0 Å². The first kappa shape index (κ1) is 25.9. The van der Waals surface area contributed by atoms with Gasteiger partial charge in [0.2, 0.25) is 6.41 Å². The molecule has 2 aromatic carbocycles. The fourth-order valence-electron chi connectivity index (χ4n) is 4.56. The maximum absolute atomic E-state index is 17.3. The van der Waals surface area contributed by atoms with Crippen molar-refractivity contribution in [2.24, 2.45) is 5.41 Å². The highest BCUT2D eigenvalue weighted by molar-refractivity contribution is 7.90. The number of carbonyl (C=O) groups excluding carboxylic acids is 2. The molecule has 2 atom stereocenters. The van der Waals surface area contributed by atoms with Gasteiger partial charge in [0.15, 0.2) is 21.2 Å². The Morgan fingerprint density at radius 2 is 1.83 bits per heavy atom. The number of aliphatic hydroxyl groups is 1. The zero-order chi connectivity index (χ0) is 26.2. The highest BCUT2D eigenvalue weighted by Gasteiger charge is 2.69. The van der Waals surface area contributed by atoms with Gasteiger partial charge in [0.1, 0.15) is 0 Å². The number of nitrogens with one attached hydrogen (secondary N) is 3. The molecule has 0 bridgehead atoms. The van der Waals surface area contributed by atoms with Crippen LogP contribution < -0.4 is 16.0 Å². The molecule has 0 radical (unpaired) electrons. The Kier molecular flexibility index (Phi) is 6.72. The summed E-state index contributed by atoms with van der Waals surface area (Å²) in [5, 5.41) is 18.1. The van der Waals surface area contributed by atoms with E-state index in [4.69, 9.17) is 11.6 Å². The Balaban J connectivity index is 1.79. The van der Waals surface area contributed by atoms with E-state index in [-0.39, 0.29) is 35.3 Å². The van der Waals surface area contributed by atoms with E-state index in [0.717, 1.165) is 6.26 Å². The number of allylic oxidation sites excluding steroid dienone is 2. The van der Waals surface area contributed by atoms with Crippen molar-refractivity contribution in [2.75, 3.05) is 18.2 Å². The molecule has 3 amide bonds. The topological polar surface area (TPSA) is 125 Å². The van der Waals surface area contributed by atoms with E-state index < -0.39 is 39.2 Å². The highest BCUT2D eigenvalue weighted by Crippen LogP contribution is 2.61. The highest BCUT2D eigenvalue weighted by atomic mass is 35.5. The predicted molar refractivity (Wildman–Crippen MR) is 135 cm³/mol. The summed E-state index contributed by atoms with van der Waals surface area (Å²) in [4.78, 5) is 24.6. The van der Waals surface area contributed by atoms with Gasteiger partial charge >= 0.3 is 6.03 Å². The lowest BCUT2D eigenvalue weighted by Crippen LogP contribution is -2.72. The summed E-state index contributed by atoms with van der Waals surface area (Å²) in [6.45, 7) is -0.558. The molecule has 11 heteroatoms. The minimum absolute atomic E-state index is 0.00128. The number of alkyl halides is 1. The maximum Gasteiger partial charge on any atom is 0.321 e. The van der Waals surface area contributed by atoms with E-state index in [9.17, 15) is 23.1 Å². The Morgan fingerprint density at radius 3 is 2.42 bits per heavy atom. The molecule has 0 heterocycles.